The number of aromatic nitrogens is 4. The minimum atomic E-state index is 0.629. The van der Waals surface area contributed by atoms with E-state index >= 15 is 0 Å². The molecule has 0 aliphatic rings. The summed E-state index contributed by atoms with van der Waals surface area (Å²) in [7, 11) is 0. The van der Waals surface area contributed by atoms with Gasteiger partial charge in [-0.15, -0.1) is 0 Å². The summed E-state index contributed by atoms with van der Waals surface area (Å²) in [5.74, 6) is 3.21. The third-order valence-electron chi connectivity index (χ3n) is 5.06. The lowest BCUT2D eigenvalue weighted by molar-refractivity contribution is 0.482. The number of nitrogens with one attached hydrogen (secondary N) is 1. The minimum Gasteiger partial charge on any atom is -0.457 e. The summed E-state index contributed by atoms with van der Waals surface area (Å²) in [6, 6.07) is 24.2. The van der Waals surface area contributed by atoms with Crippen LogP contribution in [-0.4, -0.2) is 25.7 Å². The molecule has 35 heavy (non-hydrogen) atoms. The van der Waals surface area contributed by atoms with E-state index in [1.807, 2.05) is 42.5 Å². The SMILES string of the molecule is CCSc1ncc2c(Nc3cc(C)ccc3Sc3ccc(Oc4ccccc4)cc3)ncnc2n1. The number of thioether (sulfide) groups is 1. The van der Waals surface area contributed by atoms with E-state index in [1.54, 1.807) is 29.7 Å². The van der Waals surface area contributed by atoms with Crippen molar-refractivity contribution >= 4 is 46.1 Å². The number of rotatable bonds is 8. The molecule has 5 aromatic rings. The molecule has 0 atom stereocenters. The highest BCUT2D eigenvalue weighted by Gasteiger charge is 2.11. The van der Waals surface area contributed by atoms with Gasteiger partial charge in [0.15, 0.2) is 10.8 Å². The molecule has 0 aliphatic heterocycles. The second-order valence-corrected chi connectivity index (χ2v) is 10.0. The Kier molecular flexibility index (Phi) is 7.11. The molecule has 6 nitrogen and oxygen atoms in total. The monoisotopic (exact) mass is 497 g/mol. The van der Waals surface area contributed by atoms with Gasteiger partial charge in [0.25, 0.3) is 0 Å². The molecule has 0 saturated carbocycles. The summed E-state index contributed by atoms with van der Waals surface area (Å²) >= 11 is 3.27. The lowest BCUT2D eigenvalue weighted by Crippen LogP contribution is -2.00. The Hall–Kier alpha value is -3.62. The summed E-state index contributed by atoms with van der Waals surface area (Å²) in [4.78, 5) is 20.0. The fourth-order valence-corrected chi connectivity index (χ4v) is 4.84. The zero-order chi connectivity index (χ0) is 24.0. The van der Waals surface area contributed by atoms with Crippen molar-refractivity contribution in [2.24, 2.45) is 0 Å². The maximum absolute atomic E-state index is 5.92. The van der Waals surface area contributed by atoms with E-state index in [9.17, 15) is 0 Å². The Morgan fingerprint density at radius 1 is 0.886 bits per heavy atom. The van der Waals surface area contributed by atoms with Crippen LogP contribution < -0.4 is 10.1 Å². The van der Waals surface area contributed by atoms with Crippen LogP contribution in [0.1, 0.15) is 12.5 Å². The number of hydrogen-bond acceptors (Lipinski definition) is 8. The van der Waals surface area contributed by atoms with Gasteiger partial charge in [0.2, 0.25) is 0 Å². The number of fused-ring (bicyclic) bond motifs is 1. The van der Waals surface area contributed by atoms with E-state index in [-0.39, 0.29) is 0 Å². The molecule has 0 radical (unpaired) electrons. The second-order valence-electron chi connectivity index (χ2n) is 7.66. The van der Waals surface area contributed by atoms with Crippen molar-refractivity contribution < 1.29 is 4.74 Å². The van der Waals surface area contributed by atoms with Gasteiger partial charge in [0, 0.05) is 16.0 Å². The van der Waals surface area contributed by atoms with Crippen LogP contribution in [0.15, 0.2) is 100 Å². The molecule has 2 heterocycles. The molecule has 174 valence electrons. The van der Waals surface area contributed by atoms with Crippen LogP contribution in [-0.2, 0) is 0 Å². The first-order valence-electron chi connectivity index (χ1n) is 11.2. The van der Waals surface area contributed by atoms with Gasteiger partial charge in [-0.2, -0.15) is 0 Å². The van der Waals surface area contributed by atoms with Crippen molar-refractivity contribution in [3.05, 3.63) is 90.9 Å². The molecule has 0 aliphatic carbocycles. The molecule has 0 fully saturated rings. The third-order valence-corrected chi connectivity index (χ3v) is 6.89. The molecular formula is C27H23N5OS2. The Balaban J connectivity index is 1.38. The Bertz CT molecular complexity index is 1450. The molecule has 1 N–H and O–H groups in total. The van der Waals surface area contributed by atoms with Crippen molar-refractivity contribution in [2.75, 3.05) is 11.1 Å². The summed E-state index contributed by atoms with van der Waals surface area (Å²) in [6.45, 7) is 4.15. The smallest absolute Gasteiger partial charge is 0.189 e. The van der Waals surface area contributed by atoms with Gasteiger partial charge in [0.05, 0.1) is 11.1 Å². The number of benzene rings is 3. The van der Waals surface area contributed by atoms with Gasteiger partial charge >= 0.3 is 0 Å². The molecule has 2 aromatic heterocycles. The maximum Gasteiger partial charge on any atom is 0.189 e. The van der Waals surface area contributed by atoms with Crippen molar-refractivity contribution in [3.8, 4) is 11.5 Å². The van der Waals surface area contributed by atoms with E-state index < -0.39 is 0 Å². The zero-order valence-corrected chi connectivity index (χ0v) is 20.9. The van der Waals surface area contributed by atoms with Crippen LogP contribution in [0, 0.1) is 6.92 Å². The topological polar surface area (TPSA) is 72.8 Å². The minimum absolute atomic E-state index is 0.629. The number of nitrogens with zero attached hydrogens (tertiary/aromatic N) is 4. The first kappa shape index (κ1) is 23.1. The van der Waals surface area contributed by atoms with E-state index in [0.29, 0.717) is 11.5 Å². The van der Waals surface area contributed by atoms with E-state index in [2.05, 4.69) is 69.4 Å². The summed E-state index contributed by atoms with van der Waals surface area (Å²) in [5, 5.41) is 4.99. The molecule has 0 saturated heterocycles. The van der Waals surface area contributed by atoms with Crippen LogP contribution in [0.25, 0.3) is 11.0 Å². The van der Waals surface area contributed by atoms with Crippen molar-refractivity contribution in [1.82, 2.24) is 19.9 Å². The van der Waals surface area contributed by atoms with E-state index in [1.165, 1.54) is 6.33 Å². The number of aryl methyl sites for hydroxylation is 1. The lowest BCUT2D eigenvalue weighted by Gasteiger charge is -2.14. The highest BCUT2D eigenvalue weighted by atomic mass is 32.2. The number of ether oxygens (including phenoxy) is 1. The van der Waals surface area contributed by atoms with E-state index in [4.69, 9.17) is 4.74 Å². The molecule has 5 rings (SSSR count). The number of anilines is 2. The van der Waals surface area contributed by atoms with Crippen LogP contribution in [0.5, 0.6) is 11.5 Å². The Morgan fingerprint density at radius 3 is 2.49 bits per heavy atom. The van der Waals surface area contributed by atoms with Gasteiger partial charge in [-0.25, -0.2) is 19.9 Å². The predicted molar refractivity (Wildman–Crippen MR) is 143 cm³/mol. The van der Waals surface area contributed by atoms with Crippen molar-refractivity contribution in [2.45, 2.75) is 28.8 Å². The normalized spacial score (nSPS) is 10.9. The average molecular weight is 498 g/mol. The molecular weight excluding hydrogens is 474 g/mol. The van der Waals surface area contributed by atoms with Gasteiger partial charge in [-0.3, -0.25) is 0 Å². The molecule has 0 unspecified atom stereocenters. The first-order valence-corrected chi connectivity index (χ1v) is 13.0. The summed E-state index contributed by atoms with van der Waals surface area (Å²) in [5.41, 5.74) is 2.75. The van der Waals surface area contributed by atoms with Gasteiger partial charge in [0.1, 0.15) is 23.6 Å². The largest absolute Gasteiger partial charge is 0.457 e. The molecule has 0 spiro atoms. The maximum atomic E-state index is 5.92. The summed E-state index contributed by atoms with van der Waals surface area (Å²) in [6.07, 6.45) is 3.32. The van der Waals surface area contributed by atoms with Gasteiger partial charge in [-0.05, 0) is 66.8 Å². The van der Waals surface area contributed by atoms with Crippen LogP contribution in [0.2, 0.25) is 0 Å². The number of hydrogen-bond donors (Lipinski definition) is 1. The first-order chi connectivity index (χ1) is 17.2. The standard InChI is InChI=1S/C27H23N5OS2/c1-3-34-27-28-16-22-25(29-17-30-26(22)32-27)31-23-15-18(2)9-14-24(23)35-21-12-10-20(11-13-21)33-19-7-5-4-6-8-19/h4-17H,3H2,1-2H3,(H,28,29,30,31,32). The molecule has 8 heteroatoms. The third kappa shape index (κ3) is 5.72. The quantitative estimate of drug-likeness (QED) is 0.174. The fraction of sp³-hybridized carbons (Fsp3) is 0.111. The van der Waals surface area contributed by atoms with Crippen LogP contribution in [0.3, 0.4) is 0 Å². The number of para-hydroxylation sites is 1. The van der Waals surface area contributed by atoms with Crippen molar-refractivity contribution in [3.63, 3.8) is 0 Å². The Morgan fingerprint density at radius 2 is 1.69 bits per heavy atom. The van der Waals surface area contributed by atoms with Crippen LogP contribution >= 0.6 is 23.5 Å². The lowest BCUT2D eigenvalue weighted by atomic mass is 10.2. The molecule has 0 amide bonds. The average Bonchev–Trinajstić information content (AvgIpc) is 2.88. The Labute approximate surface area is 212 Å². The van der Waals surface area contributed by atoms with Crippen LogP contribution in [0.4, 0.5) is 11.5 Å². The highest BCUT2D eigenvalue weighted by molar-refractivity contribution is 7.99. The van der Waals surface area contributed by atoms with Gasteiger partial charge in [-0.1, -0.05) is 54.7 Å². The second kappa shape index (κ2) is 10.8. The van der Waals surface area contributed by atoms with Crippen molar-refractivity contribution in [1.29, 1.82) is 0 Å². The predicted octanol–water partition coefficient (Wildman–Crippen LogP) is 7.53. The molecule has 0 bridgehead atoms. The highest BCUT2D eigenvalue weighted by Crippen LogP contribution is 2.37. The van der Waals surface area contributed by atoms with Gasteiger partial charge < -0.3 is 10.1 Å². The van der Waals surface area contributed by atoms with E-state index in [0.717, 1.165) is 48.8 Å². The fourth-order valence-electron chi connectivity index (χ4n) is 3.42. The molecule has 3 aromatic carbocycles. The zero-order valence-electron chi connectivity index (χ0n) is 19.3. The summed E-state index contributed by atoms with van der Waals surface area (Å²) < 4.78 is 5.92.